The van der Waals surface area contributed by atoms with Crippen molar-refractivity contribution in [3.63, 3.8) is 0 Å². The van der Waals surface area contributed by atoms with Gasteiger partial charge in [-0.2, -0.15) is 13.2 Å². The summed E-state index contributed by atoms with van der Waals surface area (Å²) >= 11 is 0. The largest absolute Gasteiger partial charge is 0.481 e. The summed E-state index contributed by atoms with van der Waals surface area (Å²) in [5.74, 6) is -2.25. The van der Waals surface area contributed by atoms with Gasteiger partial charge in [0.25, 0.3) is 5.91 Å². The first kappa shape index (κ1) is 19.4. The van der Waals surface area contributed by atoms with Crippen LogP contribution < -0.4 is 5.32 Å². The number of nitrogens with zero attached hydrogens (tertiary/aromatic N) is 1. The Morgan fingerprint density at radius 3 is 2.31 bits per heavy atom. The second-order valence-electron chi connectivity index (χ2n) is 5.69. The number of aromatic nitrogens is 1. The fourth-order valence-corrected chi connectivity index (χ4v) is 2.67. The first-order valence-electron chi connectivity index (χ1n) is 7.81. The van der Waals surface area contributed by atoms with Crippen molar-refractivity contribution < 1.29 is 27.9 Å². The number of pyridine rings is 1. The molecule has 8 heteroatoms. The molecule has 0 aliphatic carbocycles. The number of amides is 1. The summed E-state index contributed by atoms with van der Waals surface area (Å²) < 4.78 is 39.1. The number of carbonyl (C=O) groups is 2. The molecule has 26 heavy (non-hydrogen) atoms. The molecule has 138 valence electrons. The minimum atomic E-state index is -4.74. The number of carboxylic acids is 1. The molecule has 0 saturated carbocycles. The van der Waals surface area contributed by atoms with E-state index in [1.54, 1.807) is 37.3 Å². The molecule has 1 aromatic heterocycles. The van der Waals surface area contributed by atoms with E-state index in [4.69, 9.17) is 0 Å². The van der Waals surface area contributed by atoms with E-state index in [-0.39, 0.29) is 13.0 Å². The average molecular weight is 366 g/mol. The average Bonchev–Trinajstić information content (AvgIpc) is 2.62. The highest BCUT2D eigenvalue weighted by atomic mass is 19.4. The van der Waals surface area contributed by atoms with Crippen LogP contribution >= 0.6 is 0 Å². The number of hydrogen-bond acceptors (Lipinski definition) is 3. The van der Waals surface area contributed by atoms with E-state index < -0.39 is 34.7 Å². The number of nitrogens with one attached hydrogen (secondary N) is 1. The number of hydrogen-bond donors (Lipinski definition) is 2. The molecule has 0 fully saturated rings. The molecule has 0 aliphatic rings. The van der Waals surface area contributed by atoms with Crippen molar-refractivity contribution in [2.75, 3.05) is 6.54 Å². The van der Waals surface area contributed by atoms with E-state index in [1.807, 2.05) is 0 Å². The highest BCUT2D eigenvalue weighted by Crippen LogP contribution is 2.31. The highest BCUT2D eigenvalue weighted by Gasteiger charge is 2.40. The Balaban J connectivity index is 2.31. The molecule has 5 nitrogen and oxygen atoms in total. The van der Waals surface area contributed by atoms with Gasteiger partial charge < -0.3 is 10.4 Å². The van der Waals surface area contributed by atoms with E-state index in [9.17, 15) is 27.9 Å². The maximum Gasteiger partial charge on any atom is 0.418 e. The first-order valence-corrected chi connectivity index (χ1v) is 7.81. The van der Waals surface area contributed by atoms with E-state index in [2.05, 4.69) is 10.3 Å². The van der Waals surface area contributed by atoms with Gasteiger partial charge in [-0.1, -0.05) is 37.3 Å². The zero-order valence-electron chi connectivity index (χ0n) is 13.9. The second kappa shape index (κ2) is 7.55. The van der Waals surface area contributed by atoms with Crippen LogP contribution in [0.3, 0.4) is 0 Å². The summed E-state index contributed by atoms with van der Waals surface area (Å²) in [4.78, 5) is 27.7. The molecule has 0 radical (unpaired) electrons. The smallest absolute Gasteiger partial charge is 0.418 e. The third kappa shape index (κ3) is 3.84. The molecule has 2 aromatic rings. The lowest BCUT2D eigenvalue weighted by Crippen LogP contribution is -2.46. The Morgan fingerprint density at radius 1 is 1.12 bits per heavy atom. The van der Waals surface area contributed by atoms with Crippen molar-refractivity contribution in [2.45, 2.75) is 24.9 Å². The maximum atomic E-state index is 13.0. The summed E-state index contributed by atoms with van der Waals surface area (Å²) in [5.41, 5.74) is -2.96. The lowest BCUT2D eigenvalue weighted by Gasteiger charge is -2.29. The molecule has 1 atom stereocenters. The molecule has 0 spiro atoms. The SMILES string of the molecule is CCC(CNC(=O)c1ncccc1C(F)(F)F)(C(=O)O)c1ccccc1. The fraction of sp³-hybridized carbons (Fsp3) is 0.278. The van der Waals surface area contributed by atoms with E-state index >= 15 is 0 Å². The summed E-state index contributed by atoms with van der Waals surface area (Å²) in [7, 11) is 0. The molecule has 1 unspecified atom stereocenters. The Morgan fingerprint density at radius 2 is 1.77 bits per heavy atom. The van der Waals surface area contributed by atoms with Gasteiger partial charge >= 0.3 is 12.1 Å². The van der Waals surface area contributed by atoms with Crippen molar-refractivity contribution in [1.29, 1.82) is 0 Å². The van der Waals surface area contributed by atoms with Gasteiger partial charge in [-0.25, -0.2) is 0 Å². The molecule has 1 heterocycles. The van der Waals surface area contributed by atoms with Crippen LogP contribution in [-0.4, -0.2) is 28.5 Å². The van der Waals surface area contributed by atoms with Crippen LogP contribution in [0.2, 0.25) is 0 Å². The number of benzene rings is 1. The molecular formula is C18H17F3N2O3. The van der Waals surface area contributed by atoms with Crippen molar-refractivity contribution in [3.8, 4) is 0 Å². The number of alkyl halides is 3. The van der Waals surface area contributed by atoms with Crippen LogP contribution in [0.1, 0.15) is 35.0 Å². The molecule has 2 rings (SSSR count). The predicted molar refractivity (Wildman–Crippen MR) is 87.6 cm³/mol. The lowest BCUT2D eigenvalue weighted by atomic mass is 9.78. The minimum absolute atomic E-state index is 0.140. The minimum Gasteiger partial charge on any atom is -0.481 e. The fourth-order valence-electron chi connectivity index (χ4n) is 2.67. The van der Waals surface area contributed by atoms with Crippen LogP contribution in [0.25, 0.3) is 0 Å². The summed E-state index contributed by atoms with van der Waals surface area (Å²) in [5, 5.41) is 12.0. The zero-order valence-corrected chi connectivity index (χ0v) is 13.9. The van der Waals surface area contributed by atoms with Crippen molar-refractivity contribution >= 4 is 11.9 Å². The Hall–Kier alpha value is -2.90. The number of aliphatic carboxylic acids is 1. The number of carbonyl (C=O) groups excluding carboxylic acids is 1. The monoisotopic (exact) mass is 366 g/mol. The van der Waals surface area contributed by atoms with Crippen molar-refractivity contribution in [1.82, 2.24) is 10.3 Å². The molecule has 0 bridgehead atoms. The summed E-state index contributed by atoms with van der Waals surface area (Å²) in [6.45, 7) is 1.27. The topological polar surface area (TPSA) is 79.3 Å². The van der Waals surface area contributed by atoms with Crippen LogP contribution in [0, 0.1) is 0 Å². The Labute approximate surface area is 147 Å². The van der Waals surface area contributed by atoms with Crippen LogP contribution in [0.5, 0.6) is 0 Å². The molecule has 2 N–H and O–H groups in total. The number of halogens is 3. The van der Waals surface area contributed by atoms with Gasteiger partial charge in [-0.05, 0) is 24.1 Å². The normalized spacial score (nSPS) is 13.7. The third-order valence-electron chi connectivity index (χ3n) is 4.22. The summed E-state index contributed by atoms with van der Waals surface area (Å²) in [6.07, 6.45) is -3.53. The standard InChI is InChI=1S/C18H17F3N2O3/c1-2-17(16(25)26,12-7-4-3-5-8-12)11-23-15(24)14-13(18(19,20)21)9-6-10-22-14/h3-10H,2,11H2,1H3,(H,23,24)(H,25,26). The molecule has 1 aromatic carbocycles. The van der Waals surface area contributed by atoms with Crippen molar-refractivity contribution in [3.05, 3.63) is 65.5 Å². The number of rotatable bonds is 6. The van der Waals surface area contributed by atoms with Crippen LogP contribution in [0.15, 0.2) is 48.7 Å². The molecule has 0 aliphatic heterocycles. The van der Waals surface area contributed by atoms with Gasteiger partial charge in [-0.3, -0.25) is 14.6 Å². The van der Waals surface area contributed by atoms with Gasteiger partial charge in [-0.15, -0.1) is 0 Å². The maximum absolute atomic E-state index is 13.0. The molecular weight excluding hydrogens is 349 g/mol. The van der Waals surface area contributed by atoms with Crippen LogP contribution in [-0.2, 0) is 16.4 Å². The molecule has 0 saturated heterocycles. The first-order chi connectivity index (χ1) is 12.2. The Bertz CT molecular complexity index is 794. The third-order valence-corrected chi connectivity index (χ3v) is 4.22. The lowest BCUT2D eigenvalue weighted by molar-refractivity contribution is -0.144. The van der Waals surface area contributed by atoms with Gasteiger partial charge in [0.1, 0.15) is 11.1 Å². The van der Waals surface area contributed by atoms with E-state index in [1.165, 1.54) is 0 Å². The van der Waals surface area contributed by atoms with Crippen LogP contribution in [0.4, 0.5) is 13.2 Å². The van der Waals surface area contributed by atoms with Crippen molar-refractivity contribution in [2.24, 2.45) is 0 Å². The van der Waals surface area contributed by atoms with Gasteiger partial charge in [0.05, 0.1) is 5.56 Å². The molecule has 1 amide bonds. The quantitative estimate of drug-likeness (QED) is 0.822. The summed E-state index contributed by atoms with van der Waals surface area (Å²) in [6, 6.07) is 10.1. The van der Waals surface area contributed by atoms with Gasteiger partial charge in [0.2, 0.25) is 0 Å². The number of carboxylic acid groups (broad SMARTS) is 1. The Kier molecular flexibility index (Phi) is 5.64. The van der Waals surface area contributed by atoms with Gasteiger partial charge in [0, 0.05) is 12.7 Å². The predicted octanol–water partition coefficient (Wildman–Crippen LogP) is 3.26. The highest BCUT2D eigenvalue weighted by molar-refractivity contribution is 5.94. The van der Waals surface area contributed by atoms with Gasteiger partial charge in [0.15, 0.2) is 0 Å². The van der Waals surface area contributed by atoms with E-state index in [0.717, 1.165) is 18.3 Å². The van der Waals surface area contributed by atoms with E-state index in [0.29, 0.717) is 5.56 Å². The zero-order chi connectivity index (χ0) is 19.4. The second-order valence-corrected chi connectivity index (χ2v) is 5.69.